The molecule has 6 rings (SSSR count). The van der Waals surface area contributed by atoms with Crippen LogP contribution in [0, 0.1) is 0 Å². The number of amides is 3. The smallest absolute Gasteiger partial charge is 0.272 e. The highest BCUT2D eigenvalue weighted by Crippen LogP contribution is 2.37. The average molecular weight is 780 g/mol. The number of aromatic nitrogens is 1. The first-order chi connectivity index (χ1) is 24.3. The van der Waals surface area contributed by atoms with Crippen molar-refractivity contribution in [1.29, 1.82) is 0 Å². The first-order valence-corrected chi connectivity index (χ1v) is 18.2. The van der Waals surface area contributed by atoms with Gasteiger partial charge in [0.1, 0.15) is 10.9 Å². The molecular weight excluding hydrogens is 752 g/mol. The second-order valence-corrected chi connectivity index (χ2v) is 14.2. The van der Waals surface area contributed by atoms with Gasteiger partial charge in [-0.1, -0.05) is 100 Å². The van der Waals surface area contributed by atoms with E-state index >= 15 is 0 Å². The van der Waals surface area contributed by atoms with E-state index in [-0.39, 0.29) is 11.6 Å². The van der Waals surface area contributed by atoms with E-state index in [1.807, 2.05) is 78.2 Å². The zero-order valence-electron chi connectivity index (χ0n) is 26.2. The van der Waals surface area contributed by atoms with Crippen LogP contribution < -0.4 is 16.0 Å². The van der Waals surface area contributed by atoms with Gasteiger partial charge in [0.2, 0.25) is 5.91 Å². The summed E-state index contributed by atoms with van der Waals surface area (Å²) in [5.41, 5.74) is 4.19. The molecule has 0 aliphatic heterocycles. The summed E-state index contributed by atoms with van der Waals surface area (Å²) < 4.78 is 0.978. The molecule has 1 unspecified atom stereocenters. The Morgan fingerprint density at radius 3 is 2.20 bits per heavy atom. The number of nitrogens with one attached hydrogen (secondary N) is 3. The van der Waals surface area contributed by atoms with E-state index < -0.39 is 17.1 Å². The van der Waals surface area contributed by atoms with Crippen LogP contribution in [0.3, 0.4) is 0 Å². The Labute approximate surface area is 311 Å². The lowest BCUT2D eigenvalue weighted by Gasteiger charge is -2.17. The zero-order chi connectivity index (χ0) is 34.9. The molecule has 0 aliphatic rings. The fraction of sp³-hybridized carbons (Fsp3) is 0.0256. The van der Waals surface area contributed by atoms with E-state index in [1.165, 1.54) is 23.1 Å². The van der Waals surface area contributed by atoms with E-state index in [0.29, 0.717) is 27.0 Å². The molecule has 1 atom stereocenters. The highest BCUT2D eigenvalue weighted by molar-refractivity contribution is 9.10. The number of anilines is 2. The van der Waals surface area contributed by atoms with Crippen LogP contribution in [0.25, 0.3) is 17.3 Å². The summed E-state index contributed by atoms with van der Waals surface area (Å²) in [5.74, 6) is -1.14. The minimum atomic E-state index is -0.572. The summed E-state index contributed by atoms with van der Waals surface area (Å²) in [6.45, 7) is 0. The van der Waals surface area contributed by atoms with Crippen molar-refractivity contribution in [1.82, 2.24) is 10.3 Å². The predicted molar refractivity (Wildman–Crippen MR) is 207 cm³/mol. The number of thiazole rings is 1. The van der Waals surface area contributed by atoms with Crippen LogP contribution in [0.2, 0.25) is 5.02 Å². The van der Waals surface area contributed by atoms with Gasteiger partial charge in [0.25, 0.3) is 11.8 Å². The summed E-state index contributed by atoms with van der Waals surface area (Å²) in [4.78, 5) is 45.6. The van der Waals surface area contributed by atoms with E-state index in [2.05, 4.69) is 36.9 Å². The number of hydrogen-bond donors (Lipinski definition) is 3. The molecule has 0 saturated carbocycles. The van der Waals surface area contributed by atoms with Crippen LogP contribution in [0.1, 0.15) is 26.7 Å². The fourth-order valence-electron chi connectivity index (χ4n) is 4.81. The molecule has 5 aromatic carbocycles. The molecule has 0 bridgehead atoms. The molecule has 3 N–H and O–H groups in total. The molecular formula is C39H28BrClN4O3S2. The predicted octanol–water partition coefficient (Wildman–Crippen LogP) is 10.1. The lowest BCUT2D eigenvalue weighted by molar-refractivity contribution is -0.116. The molecule has 0 spiro atoms. The number of benzene rings is 5. The van der Waals surface area contributed by atoms with E-state index in [9.17, 15) is 14.4 Å². The molecule has 50 heavy (non-hydrogen) atoms. The Morgan fingerprint density at radius 1 is 0.800 bits per heavy atom. The lowest BCUT2D eigenvalue weighted by atomic mass is 10.1. The third-order valence-electron chi connectivity index (χ3n) is 7.27. The molecule has 1 aromatic heterocycles. The molecule has 11 heteroatoms. The second-order valence-electron chi connectivity index (χ2n) is 10.9. The Bertz CT molecular complexity index is 2140. The summed E-state index contributed by atoms with van der Waals surface area (Å²) in [5, 5.41) is 10.9. The van der Waals surface area contributed by atoms with Crippen LogP contribution in [0.4, 0.5) is 10.8 Å². The van der Waals surface area contributed by atoms with Gasteiger partial charge in [-0.3, -0.25) is 14.4 Å². The van der Waals surface area contributed by atoms with Crippen molar-refractivity contribution in [2.24, 2.45) is 0 Å². The molecule has 6 aromatic rings. The Morgan fingerprint density at radius 2 is 1.50 bits per heavy atom. The minimum Gasteiger partial charge on any atom is -0.321 e. The van der Waals surface area contributed by atoms with Crippen LogP contribution in [-0.4, -0.2) is 22.7 Å². The van der Waals surface area contributed by atoms with Gasteiger partial charge in [0.15, 0.2) is 5.13 Å². The van der Waals surface area contributed by atoms with Crippen molar-refractivity contribution < 1.29 is 14.4 Å². The van der Waals surface area contributed by atoms with Gasteiger partial charge < -0.3 is 16.0 Å². The number of hydrogen-bond acceptors (Lipinski definition) is 6. The standard InChI is InChI=1S/C39H28BrClN4O3S2/c40-29-16-14-26(15-17-29)34-24-49-39(44-34)45-38(48)35(27-9-3-1-4-10-27)50-32-20-18-31(19-21-32)42-37(47)33(23-25-8-7-13-30(41)22-25)43-36(46)28-11-5-2-6-12-28/h1-24,35H,(H,42,47)(H,43,46)(H,44,45,48)/b33-23-. The van der Waals surface area contributed by atoms with Crippen LogP contribution in [0.15, 0.2) is 154 Å². The highest BCUT2D eigenvalue weighted by atomic mass is 79.9. The molecule has 7 nitrogen and oxygen atoms in total. The van der Waals surface area contributed by atoms with E-state index in [0.717, 1.165) is 26.2 Å². The number of thioether (sulfide) groups is 1. The summed E-state index contributed by atoms with van der Waals surface area (Å²) >= 11 is 12.4. The topological polar surface area (TPSA) is 100 Å². The molecule has 3 amide bonds. The van der Waals surface area contributed by atoms with Crippen LogP contribution in [0.5, 0.6) is 0 Å². The molecule has 1 heterocycles. The maximum Gasteiger partial charge on any atom is 0.272 e. The van der Waals surface area contributed by atoms with E-state index in [1.54, 1.807) is 66.7 Å². The summed E-state index contributed by atoms with van der Waals surface area (Å²) in [6, 6.07) is 40.2. The quantitative estimate of drug-likeness (QED) is 0.0898. The van der Waals surface area contributed by atoms with Crippen molar-refractivity contribution >= 4 is 85.2 Å². The fourth-order valence-corrected chi connectivity index (χ4v) is 7.02. The SMILES string of the molecule is O=C(Nc1ccc(SC(C(=O)Nc2nc(-c3ccc(Br)cc3)cs2)c2ccccc2)cc1)/C(=C/c1cccc(Cl)c1)NC(=O)c1ccccc1. The van der Waals surface area contributed by atoms with Gasteiger partial charge in [0.05, 0.1) is 5.69 Å². The molecule has 248 valence electrons. The third-order valence-corrected chi connectivity index (χ3v) is 10.1. The maximum atomic E-state index is 13.7. The second kappa shape index (κ2) is 16.6. The zero-order valence-corrected chi connectivity index (χ0v) is 30.2. The molecule has 0 fully saturated rings. The summed E-state index contributed by atoms with van der Waals surface area (Å²) in [6.07, 6.45) is 1.57. The van der Waals surface area contributed by atoms with Gasteiger partial charge in [0, 0.05) is 36.6 Å². The van der Waals surface area contributed by atoms with Crippen molar-refractivity contribution in [3.05, 3.63) is 171 Å². The third kappa shape index (κ3) is 9.36. The largest absolute Gasteiger partial charge is 0.321 e. The van der Waals surface area contributed by atoms with Crippen molar-refractivity contribution in [2.75, 3.05) is 10.6 Å². The molecule has 0 saturated heterocycles. The first-order valence-electron chi connectivity index (χ1n) is 15.3. The van der Waals surface area contributed by atoms with Gasteiger partial charge in [-0.2, -0.15) is 0 Å². The lowest BCUT2D eigenvalue weighted by Crippen LogP contribution is -2.30. The normalized spacial score (nSPS) is 11.8. The van der Waals surface area contributed by atoms with Crippen molar-refractivity contribution in [3.8, 4) is 11.3 Å². The van der Waals surface area contributed by atoms with Crippen molar-refractivity contribution in [2.45, 2.75) is 10.1 Å². The van der Waals surface area contributed by atoms with Gasteiger partial charge in [-0.15, -0.1) is 23.1 Å². The maximum absolute atomic E-state index is 13.7. The molecule has 0 aliphatic carbocycles. The number of carbonyl (C=O) groups is 3. The first kappa shape index (κ1) is 34.8. The van der Waals surface area contributed by atoms with Crippen LogP contribution >= 0.6 is 50.6 Å². The van der Waals surface area contributed by atoms with Gasteiger partial charge in [-0.25, -0.2) is 4.98 Å². The number of rotatable bonds is 11. The Hall–Kier alpha value is -5.00. The van der Waals surface area contributed by atoms with Gasteiger partial charge in [-0.05, 0) is 77.9 Å². The van der Waals surface area contributed by atoms with Gasteiger partial charge >= 0.3 is 0 Å². The average Bonchev–Trinajstić information content (AvgIpc) is 3.60. The minimum absolute atomic E-state index is 0.0471. The summed E-state index contributed by atoms with van der Waals surface area (Å²) in [7, 11) is 0. The van der Waals surface area contributed by atoms with Crippen molar-refractivity contribution in [3.63, 3.8) is 0 Å². The van der Waals surface area contributed by atoms with Crippen LogP contribution in [-0.2, 0) is 9.59 Å². The number of halogens is 2. The number of nitrogens with zero attached hydrogens (tertiary/aromatic N) is 1. The monoisotopic (exact) mass is 778 g/mol. The Kier molecular flexibility index (Phi) is 11.6. The molecule has 0 radical (unpaired) electrons. The Balaban J connectivity index is 1.17. The van der Waals surface area contributed by atoms with E-state index in [4.69, 9.17) is 11.6 Å². The number of carbonyl (C=O) groups excluding carboxylic acids is 3. The highest BCUT2D eigenvalue weighted by Gasteiger charge is 2.23.